The lowest BCUT2D eigenvalue weighted by Gasteiger charge is -2.49. The Labute approximate surface area is 244 Å². The van der Waals surface area contributed by atoms with E-state index in [1.807, 2.05) is 0 Å². The number of hydrogen-bond acceptors (Lipinski definition) is 9. The number of benzene rings is 1. The number of nitrogens with two attached hydrogens (primary N) is 1. The Morgan fingerprint density at radius 1 is 1.33 bits per heavy atom. The van der Waals surface area contributed by atoms with Gasteiger partial charge < -0.3 is 16.2 Å². The molecule has 11 nitrogen and oxygen atoms in total. The maximum Gasteiger partial charge on any atom is 0.352 e. The lowest BCUT2D eigenvalue weighted by atomic mass is 10.0. The second-order valence-corrected chi connectivity index (χ2v) is 12.2. The van der Waals surface area contributed by atoms with Crippen LogP contribution >= 0.6 is 58.5 Å². The van der Waals surface area contributed by atoms with E-state index in [2.05, 4.69) is 20.4 Å². The van der Waals surface area contributed by atoms with Crippen molar-refractivity contribution in [2.75, 3.05) is 23.0 Å². The minimum Gasteiger partial charge on any atom is -0.477 e. The number of halogens is 2. The molecule has 2 unspecified atom stereocenters. The average Bonchev–Trinajstić information content (AvgIpc) is 3.38. The molecule has 0 saturated carbocycles. The molecule has 2 aromatic heterocycles. The zero-order valence-electron chi connectivity index (χ0n) is 19.8. The standard InChI is InChI=1S/C23H19Cl2N7O4S3/c24-12-3-4-13(25)14(6-12)38-9-17(33)30-18-20(34)31-19(22(35)36)11(8-39-21(18)31)2-1-5-37-23-29-15(26)7-16-27-10-28-32(16)23/h1-4,6-7,10,18,21H,5,8-9H2,(H4,26,27,28,30,33,35,36)/p+1. The van der Waals surface area contributed by atoms with E-state index in [0.717, 1.165) is 0 Å². The van der Waals surface area contributed by atoms with E-state index in [9.17, 15) is 19.5 Å². The van der Waals surface area contributed by atoms with Crippen molar-refractivity contribution in [3.63, 3.8) is 0 Å². The summed E-state index contributed by atoms with van der Waals surface area (Å²) in [6.07, 6.45) is 5.04. The number of fused-ring (bicyclic) bond motifs is 2. The van der Waals surface area contributed by atoms with Gasteiger partial charge in [0.15, 0.2) is 6.33 Å². The van der Waals surface area contributed by atoms with Crippen LogP contribution in [0.2, 0.25) is 10.0 Å². The fourth-order valence-corrected chi connectivity index (χ4v) is 7.39. The zero-order chi connectivity index (χ0) is 27.7. The Morgan fingerprint density at radius 2 is 2.15 bits per heavy atom. The zero-order valence-corrected chi connectivity index (χ0v) is 23.8. The topological polar surface area (TPSA) is 158 Å². The number of nitrogens with zero attached hydrogens (tertiary/aromatic N) is 4. The predicted octanol–water partition coefficient (Wildman–Crippen LogP) is 2.61. The lowest BCUT2D eigenvalue weighted by molar-refractivity contribution is -0.622. The van der Waals surface area contributed by atoms with Crippen molar-refractivity contribution in [3.8, 4) is 0 Å². The van der Waals surface area contributed by atoms with Crippen LogP contribution in [0.3, 0.4) is 0 Å². The van der Waals surface area contributed by atoms with Gasteiger partial charge in [-0.1, -0.05) is 45.3 Å². The second kappa shape index (κ2) is 11.7. The van der Waals surface area contributed by atoms with Crippen molar-refractivity contribution < 1.29 is 24.0 Å². The minimum absolute atomic E-state index is 0.0274. The van der Waals surface area contributed by atoms with Gasteiger partial charge in [0.05, 0.1) is 16.8 Å². The predicted molar refractivity (Wildman–Crippen MR) is 151 cm³/mol. The molecule has 1 aromatic carbocycles. The summed E-state index contributed by atoms with van der Waals surface area (Å²) in [6, 6.07) is 5.79. The number of anilines is 1. The quantitative estimate of drug-likeness (QED) is 0.121. The molecule has 0 radical (unpaired) electrons. The lowest BCUT2D eigenvalue weighted by Crippen LogP contribution is -2.70. The molecular weight excluding hydrogens is 605 g/mol. The average molecular weight is 626 g/mol. The Morgan fingerprint density at radius 3 is 2.95 bits per heavy atom. The van der Waals surface area contributed by atoms with Gasteiger partial charge in [-0.15, -0.1) is 28.0 Å². The van der Waals surface area contributed by atoms with Gasteiger partial charge in [-0.05, 0) is 35.5 Å². The molecule has 0 spiro atoms. The highest BCUT2D eigenvalue weighted by atomic mass is 35.5. The van der Waals surface area contributed by atoms with E-state index >= 15 is 0 Å². The van der Waals surface area contributed by atoms with Crippen LogP contribution in [0.4, 0.5) is 5.82 Å². The van der Waals surface area contributed by atoms with E-state index in [0.29, 0.717) is 48.6 Å². The number of carboxylic acid groups (broad SMARTS) is 1. The van der Waals surface area contributed by atoms with Crippen molar-refractivity contribution in [2.24, 2.45) is 0 Å². The number of aliphatic carboxylic acids is 1. The largest absolute Gasteiger partial charge is 0.477 e. The van der Waals surface area contributed by atoms with Gasteiger partial charge in [0.2, 0.25) is 11.7 Å². The number of carboxylic acids is 1. The van der Waals surface area contributed by atoms with Crippen molar-refractivity contribution in [1.29, 1.82) is 0 Å². The van der Waals surface area contributed by atoms with Crippen LogP contribution in [-0.2, 0) is 14.4 Å². The highest BCUT2D eigenvalue weighted by Crippen LogP contribution is 2.41. The summed E-state index contributed by atoms with van der Waals surface area (Å²) in [5.74, 6) is -0.827. The maximum atomic E-state index is 12.9. The number of amides is 2. The SMILES string of the molecule is Nc1cc2nc[nH][n+]2c(SCC=CC2=C(C(=O)O)N3C(=O)C(NC(=O)CSc4cc(Cl)ccc4Cl)C3SC2)n1. The Bertz CT molecular complexity index is 1550. The summed E-state index contributed by atoms with van der Waals surface area (Å²) >= 11 is 16.1. The number of H-pyrrole nitrogens is 1. The first-order chi connectivity index (χ1) is 18.7. The van der Waals surface area contributed by atoms with E-state index in [1.165, 1.54) is 46.5 Å². The van der Waals surface area contributed by atoms with E-state index in [1.54, 1.807) is 40.9 Å². The number of aromatic nitrogens is 4. The van der Waals surface area contributed by atoms with Gasteiger partial charge in [-0.3, -0.25) is 14.5 Å². The third-order valence-corrected chi connectivity index (χ3v) is 9.63. The Kier molecular flexibility index (Phi) is 8.28. The normalized spacial score (nSPS) is 18.9. The van der Waals surface area contributed by atoms with Crippen LogP contribution < -0.4 is 15.6 Å². The summed E-state index contributed by atoms with van der Waals surface area (Å²) in [5, 5.41) is 16.6. The first-order valence-corrected chi connectivity index (χ1v) is 15.1. The first-order valence-electron chi connectivity index (χ1n) is 11.3. The molecule has 4 heterocycles. The summed E-state index contributed by atoms with van der Waals surface area (Å²) < 4.78 is 1.69. The fourth-order valence-electron chi connectivity index (χ4n) is 3.98. The number of carbonyl (C=O) groups is 3. The Balaban J connectivity index is 1.21. The molecule has 2 atom stereocenters. The first kappa shape index (κ1) is 27.6. The number of β-lactam (4-membered cyclic amide) rings is 1. The van der Waals surface area contributed by atoms with Crippen LogP contribution in [0.15, 0.2) is 64.1 Å². The molecule has 5 rings (SSSR count). The number of nitrogen functional groups attached to an aromatic ring is 1. The fraction of sp³-hybridized carbons (Fsp3) is 0.217. The molecular formula is C23H20Cl2N7O4S3+. The van der Waals surface area contributed by atoms with Crippen LogP contribution in [0.1, 0.15) is 0 Å². The number of carbonyl (C=O) groups excluding carboxylic acids is 2. The third-order valence-electron chi connectivity index (χ3n) is 5.70. The van der Waals surface area contributed by atoms with Crippen LogP contribution in [0, 0.1) is 0 Å². The van der Waals surface area contributed by atoms with Crippen LogP contribution in [-0.4, -0.2) is 71.5 Å². The number of allylic oxidation sites excluding steroid dienone is 1. The summed E-state index contributed by atoms with van der Waals surface area (Å²) in [4.78, 5) is 47.9. The molecule has 1 fully saturated rings. The highest BCUT2D eigenvalue weighted by Gasteiger charge is 2.53. The smallest absolute Gasteiger partial charge is 0.352 e. The number of thioether (sulfide) groups is 3. The van der Waals surface area contributed by atoms with Gasteiger partial charge in [0.1, 0.15) is 17.1 Å². The third kappa shape index (κ3) is 5.84. The summed E-state index contributed by atoms with van der Waals surface area (Å²) in [6.45, 7) is 0. The van der Waals surface area contributed by atoms with E-state index in [4.69, 9.17) is 28.9 Å². The number of rotatable bonds is 9. The van der Waals surface area contributed by atoms with E-state index in [-0.39, 0.29) is 17.4 Å². The monoisotopic (exact) mass is 624 g/mol. The minimum atomic E-state index is -1.20. The second-order valence-electron chi connectivity index (χ2n) is 8.26. The summed E-state index contributed by atoms with van der Waals surface area (Å²) in [7, 11) is 0. The number of aromatic amines is 1. The molecule has 5 N–H and O–H groups in total. The Hall–Kier alpha value is -2.91. The van der Waals surface area contributed by atoms with Crippen LogP contribution in [0.5, 0.6) is 0 Å². The van der Waals surface area contributed by atoms with Crippen molar-refractivity contribution in [3.05, 3.63) is 64.1 Å². The molecule has 0 aliphatic carbocycles. The maximum absolute atomic E-state index is 12.9. The van der Waals surface area contributed by atoms with Gasteiger partial charge in [0.25, 0.3) is 11.6 Å². The van der Waals surface area contributed by atoms with Crippen LogP contribution in [0.25, 0.3) is 5.65 Å². The summed E-state index contributed by atoms with van der Waals surface area (Å²) in [5.41, 5.74) is 6.90. The van der Waals surface area contributed by atoms with Crippen molar-refractivity contribution in [2.45, 2.75) is 21.5 Å². The molecule has 3 aromatic rings. The molecule has 39 heavy (non-hydrogen) atoms. The molecule has 0 bridgehead atoms. The molecule has 2 aliphatic rings. The van der Waals surface area contributed by atoms with E-state index < -0.39 is 23.3 Å². The van der Waals surface area contributed by atoms with Crippen molar-refractivity contribution >= 4 is 87.7 Å². The molecule has 1 saturated heterocycles. The number of hydrogen-bond donors (Lipinski definition) is 4. The molecule has 2 amide bonds. The number of nitrogens with one attached hydrogen (secondary N) is 2. The highest BCUT2D eigenvalue weighted by molar-refractivity contribution is 8.00. The van der Waals surface area contributed by atoms with Gasteiger partial charge in [0, 0.05) is 21.4 Å². The van der Waals surface area contributed by atoms with Gasteiger partial charge in [-0.25, -0.2) is 9.89 Å². The van der Waals surface area contributed by atoms with Gasteiger partial charge in [-0.2, -0.15) is 0 Å². The molecule has 16 heteroatoms. The van der Waals surface area contributed by atoms with Gasteiger partial charge >= 0.3 is 11.1 Å². The molecule has 2 aliphatic heterocycles. The van der Waals surface area contributed by atoms with Crippen molar-refractivity contribution in [1.82, 2.24) is 25.3 Å². The molecule has 202 valence electrons.